The molecule has 2 fully saturated rings. The number of anilines is 1. The zero-order chi connectivity index (χ0) is 23.2. The number of carbonyl (C=O) groups excluding carboxylic acids is 2. The summed E-state index contributed by atoms with van der Waals surface area (Å²) in [7, 11) is 1.71. The Hall–Kier alpha value is -2.71. The Morgan fingerprint density at radius 3 is 2.36 bits per heavy atom. The van der Waals surface area contributed by atoms with Crippen LogP contribution < -0.4 is 4.90 Å². The number of carbonyl (C=O) groups is 2. The lowest BCUT2D eigenvalue weighted by atomic mass is 9.84. The molecule has 9 heteroatoms. The molecule has 33 heavy (non-hydrogen) atoms. The molecule has 1 aromatic carbocycles. The highest BCUT2D eigenvalue weighted by Gasteiger charge is 2.33. The molecule has 176 valence electrons. The Kier molecular flexibility index (Phi) is 7.77. The van der Waals surface area contributed by atoms with Crippen LogP contribution in [0.2, 0.25) is 5.15 Å². The average molecular weight is 472 g/mol. The van der Waals surface area contributed by atoms with Crippen molar-refractivity contribution in [3.63, 3.8) is 0 Å². The van der Waals surface area contributed by atoms with E-state index in [1.54, 1.807) is 18.1 Å². The Balaban J connectivity index is 1.20. The van der Waals surface area contributed by atoms with E-state index in [0.29, 0.717) is 31.6 Å². The predicted octanol–water partition coefficient (Wildman–Crippen LogP) is 3.61. The van der Waals surface area contributed by atoms with Gasteiger partial charge in [0.15, 0.2) is 11.0 Å². The van der Waals surface area contributed by atoms with Crippen molar-refractivity contribution in [3.8, 4) is 0 Å². The number of amides is 2. The predicted molar refractivity (Wildman–Crippen MR) is 126 cm³/mol. The van der Waals surface area contributed by atoms with Gasteiger partial charge in [0.05, 0.1) is 0 Å². The number of hydrogen-bond donors (Lipinski definition) is 0. The van der Waals surface area contributed by atoms with E-state index in [9.17, 15) is 9.59 Å². The Labute approximate surface area is 199 Å². The fourth-order valence-corrected chi connectivity index (χ4v) is 4.92. The second-order valence-electron chi connectivity index (χ2n) is 8.64. The molecule has 2 aliphatic rings. The first-order chi connectivity index (χ1) is 16.0. The van der Waals surface area contributed by atoms with Crippen molar-refractivity contribution in [1.29, 1.82) is 0 Å². The molecule has 0 spiro atoms. The number of aromatic nitrogens is 2. The standard InChI is InChI=1S/C24H30ClN5O3/c1-28(22-21(25)26-11-12-27-22)23(31)19-7-9-20(10-8-19)29-13-15-30(16-14-29)24(32)33-17-18-5-3-2-4-6-18/h2-6,11-12,19-20H,7-10,13-17H2,1H3. The zero-order valence-corrected chi connectivity index (χ0v) is 19.7. The summed E-state index contributed by atoms with van der Waals surface area (Å²) in [6.45, 7) is 3.30. The average Bonchev–Trinajstić information content (AvgIpc) is 2.87. The second kappa shape index (κ2) is 10.9. The molecule has 2 amide bonds. The zero-order valence-electron chi connectivity index (χ0n) is 18.9. The maximum absolute atomic E-state index is 12.9. The number of halogens is 1. The molecule has 2 heterocycles. The van der Waals surface area contributed by atoms with E-state index in [4.69, 9.17) is 16.3 Å². The minimum atomic E-state index is -0.251. The lowest BCUT2D eigenvalue weighted by Gasteiger charge is -2.41. The molecule has 0 N–H and O–H groups in total. The Morgan fingerprint density at radius 2 is 1.70 bits per heavy atom. The molecular weight excluding hydrogens is 442 g/mol. The van der Waals surface area contributed by atoms with Crippen molar-refractivity contribution in [2.24, 2.45) is 5.92 Å². The summed E-state index contributed by atoms with van der Waals surface area (Å²) in [4.78, 5) is 39.3. The molecule has 0 radical (unpaired) electrons. The molecule has 8 nitrogen and oxygen atoms in total. The van der Waals surface area contributed by atoms with Gasteiger partial charge >= 0.3 is 6.09 Å². The lowest BCUT2D eigenvalue weighted by molar-refractivity contribution is -0.123. The first kappa shape index (κ1) is 23.4. The van der Waals surface area contributed by atoms with Gasteiger partial charge in [0.2, 0.25) is 5.91 Å². The van der Waals surface area contributed by atoms with Crippen molar-refractivity contribution in [2.45, 2.75) is 38.3 Å². The van der Waals surface area contributed by atoms with Crippen LogP contribution in [0.4, 0.5) is 10.6 Å². The minimum absolute atomic E-state index is 0.0291. The summed E-state index contributed by atoms with van der Waals surface area (Å²) in [5, 5.41) is 0.238. The smallest absolute Gasteiger partial charge is 0.410 e. The minimum Gasteiger partial charge on any atom is -0.445 e. The summed E-state index contributed by atoms with van der Waals surface area (Å²) in [6.07, 6.45) is 6.42. The van der Waals surface area contributed by atoms with Crippen LogP contribution in [0.15, 0.2) is 42.7 Å². The van der Waals surface area contributed by atoms with E-state index in [-0.39, 0.29) is 23.1 Å². The maximum atomic E-state index is 12.9. The molecule has 0 unspecified atom stereocenters. The number of rotatable bonds is 5. The summed E-state index contributed by atoms with van der Waals surface area (Å²) in [5.41, 5.74) is 0.989. The highest BCUT2D eigenvalue weighted by molar-refractivity contribution is 6.32. The van der Waals surface area contributed by atoms with Gasteiger partial charge in [0, 0.05) is 57.6 Å². The highest BCUT2D eigenvalue weighted by Crippen LogP contribution is 2.31. The van der Waals surface area contributed by atoms with E-state index in [0.717, 1.165) is 44.3 Å². The van der Waals surface area contributed by atoms with Crippen LogP contribution in [0, 0.1) is 5.92 Å². The number of benzene rings is 1. The van der Waals surface area contributed by atoms with Gasteiger partial charge < -0.3 is 9.64 Å². The summed E-state index contributed by atoms with van der Waals surface area (Å²) >= 11 is 6.10. The topological polar surface area (TPSA) is 78.9 Å². The summed E-state index contributed by atoms with van der Waals surface area (Å²) in [5.74, 6) is 0.418. The Bertz CT molecular complexity index is 944. The van der Waals surface area contributed by atoms with Gasteiger partial charge in [-0.05, 0) is 31.2 Å². The third-order valence-corrected chi connectivity index (χ3v) is 6.89. The highest BCUT2D eigenvalue weighted by atomic mass is 35.5. The third kappa shape index (κ3) is 5.81. The molecule has 0 bridgehead atoms. The maximum Gasteiger partial charge on any atom is 0.410 e. The van der Waals surface area contributed by atoms with Crippen LogP contribution in [-0.4, -0.2) is 71.0 Å². The molecule has 1 saturated carbocycles. The quantitative estimate of drug-likeness (QED) is 0.662. The monoisotopic (exact) mass is 471 g/mol. The molecule has 1 aliphatic carbocycles. The van der Waals surface area contributed by atoms with Crippen molar-refractivity contribution in [1.82, 2.24) is 19.8 Å². The molecule has 1 aliphatic heterocycles. The van der Waals surface area contributed by atoms with Gasteiger partial charge in [-0.25, -0.2) is 14.8 Å². The fourth-order valence-electron chi connectivity index (χ4n) is 4.69. The third-order valence-electron chi connectivity index (χ3n) is 6.62. The largest absolute Gasteiger partial charge is 0.445 e. The molecule has 4 rings (SSSR count). The lowest BCUT2D eigenvalue weighted by Crippen LogP contribution is -2.53. The fraction of sp³-hybridized carbons (Fsp3) is 0.500. The van der Waals surface area contributed by atoms with Gasteiger partial charge in [-0.15, -0.1) is 0 Å². The van der Waals surface area contributed by atoms with Crippen LogP contribution in [0.3, 0.4) is 0 Å². The van der Waals surface area contributed by atoms with Crippen LogP contribution in [-0.2, 0) is 16.1 Å². The molecule has 2 aromatic rings. The van der Waals surface area contributed by atoms with E-state index in [1.807, 2.05) is 30.3 Å². The first-order valence-corrected chi connectivity index (χ1v) is 11.8. The summed E-state index contributed by atoms with van der Waals surface area (Å²) < 4.78 is 5.46. The second-order valence-corrected chi connectivity index (χ2v) is 8.99. The first-order valence-electron chi connectivity index (χ1n) is 11.5. The van der Waals surface area contributed by atoms with Crippen molar-refractivity contribution in [3.05, 3.63) is 53.4 Å². The SMILES string of the molecule is CN(C(=O)C1CCC(N2CCN(C(=O)OCc3ccccc3)CC2)CC1)c1nccnc1Cl. The van der Waals surface area contributed by atoms with E-state index < -0.39 is 0 Å². The van der Waals surface area contributed by atoms with Gasteiger partial charge in [0.1, 0.15) is 6.61 Å². The van der Waals surface area contributed by atoms with Crippen LogP contribution in [0.25, 0.3) is 0 Å². The van der Waals surface area contributed by atoms with Gasteiger partial charge in [-0.3, -0.25) is 14.6 Å². The summed E-state index contributed by atoms with van der Waals surface area (Å²) in [6, 6.07) is 10.2. The molecule has 1 saturated heterocycles. The van der Waals surface area contributed by atoms with Crippen LogP contribution >= 0.6 is 11.6 Å². The molecular formula is C24H30ClN5O3. The van der Waals surface area contributed by atoms with Crippen molar-refractivity contribution >= 4 is 29.4 Å². The van der Waals surface area contributed by atoms with Crippen LogP contribution in [0.5, 0.6) is 0 Å². The number of hydrogen-bond acceptors (Lipinski definition) is 6. The van der Waals surface area contributed by atoms with Gasteiger partial charge in [0.25, 0.3) is 0 Å². The number of nitrogens with zero attached hydrogens (tertiary/aromatic N) is 5. The van der Waals surface area contributed by atoms with Crippen LogP contribution in [0.1, 0.15) is 31.2 Å². The molecule has 0 atom stereocenters. The van der Waals surface area contributed by atoms with E-state index in [1.165, 1.54) is 11.1 Å². The van der Waals surface area contributed by atoms with E-state index >= 15 is 0 Å². The normalized spacial score (nSPS) is 21.5. The van der Waals surface area contributed by atoms with Crippen molar-refractivity contribution < 1.29 is 14.3 Å². The van der Waals surface area contributed by atoms with Gasteiger partial charge in [-0.2, -0.15) is 0 Å². The van der Waals surface area contributed by atoms with Crippen molar-refractivity contribution in [2.75, 3.05) is 38.1 Å². The number of piperazine rings is 1. The van der Waals surface area contributed by atoms with Gasteiger partial charge in [-0.1, -0.05) is 41.9 Å². The Morgan fingerprint density at radius 1 is 1.03 bits per heavy atom. The number of ether oxygens (including phenoxy) is 1. The molecule has 1 aromatic heterocycles. The van der Waals surface area contributed by atoms with E-state index in [2.05, 4.69) is 14.9 Å².